The molecule has 0 fully saturated rings. The average Bonchev–Trinajstić information content (AvgIpc) is 2.42. The molecule has 0 spiro atoms. The Morgan fingerprint density at radius 3 is 2.53 bits per heavy atom. The third kappa shape index (κ3) is 1.91. The number of aryl methyl sites for hydroxylation is 1. The van der Waals surface area contributed by atoms with Crippen molar-refractivity contribution >= 4 is 5.78 Å². The quantitative estimate of drug-likeness (QED) is 0.783. The smallest absolute Gasteiger partial charge is 0.258 e. The van der Waals surface area contributed by atoms with E-state index in [-0.39, 0.29) is 11.3 Å². The monoisotopic (exact) mass is 253 g/mol. The molecule has 2 aromatic rings. The Hall–Kier alpha value is -2.16. The zero-order valence-corrected chi connectivity index (χ0v) is 10.8. The Morgan fingerprint density at radius 2 is 1.79 bits per heavy atom. The molecular formula is C16H15NO2. The fraction of sp³-hybridized carbons (Fsp3) is 0.250. The molecule has 3 nitrogen and oxygen atoms in total. The van der Waals surface area contributed by atoms with Crippen LogP contribution in [0.2, 0.25) is 0 Å². The number of pyridine rings is 1. The van der Waals surface area contributed by atoms with Crippen LogP contribution in [0.3, 0.4) is 0 Å². The van der Waals surface area contributed by atoms with Crippen molar-refractivity contribution in [1.29, 1.82) is 0 Å². The summed E-state index contributed by atoms with van der Waals surface area (Å²) in [6.45, 7) is 1.77. The molecule has 19 heavy (non-hydrogen) atoms. The van der Waals surface area contributed by atoms with Crippen LogP contribution in [0.5, 0.6) is 0 Å². The highest BCUT2D eigenvalue weighted by molar-refractivity contribution is 5.98. The molecule has 0 radical (unpaired) electrons. The lowest BCUT2D eigenvalue weighted by molar-refractivity contribution is 0.0971. The zero-order chi connectivity index (χ0) is 13.4. The molecule has 1 aromatic carbocycles. The van der Waals surface area contributed by atoms with Gasteiger partial charge in [0, 0.05) is 28.9 Å². The SMILES string of the molecule is Cc1cc2c(n(-c3ccccc3)c1=O)CCCC2=O. The number of ketones is 1. The lowest BCUT2D eigenvalue weighted by atomic mass is 9.93. The molecule has 1 aliphatic carbocycles. The van der Waals surface area contributed by atoms with Crippen LogP contribution < -0.4 is 5.56 Å². The predicted molar refractivity (Wildman–Crippen MR) is 74.0 cm³/mol. The van der Waals surface area contributed by atoms with Crippen LogP contribution in [0.15, 0.2) is 41.2 Å². The number of Topliss-reactive ketones (excluding diaryl/α,β-unsaturated/α-hetero) is 1. The molecule has 0 unspecified atom stereocenters. The first-order valence-electron chi connectivity index (χ1n) is 6.52. The van der Waals surface area contributed by atoms with E-state index in [1.54, 1.807) is 17.6 Å². The van der Waals surface area contributed by atoms with Gasteiger partial charge in [0.1, 0.15) is 0 Å². The number of rotatable bonds is 1. The van der Waals surface area contributed by atoms with E-state index in [0.717, 1.165) is 24.2 Å². The minimum absolute atomic E-state index is 0.0281. The van der Waals surface area contributed by atoms with E-state index < -0.39 is 0 Å². The number of nitrogens with zero attached hydrogens (tertiary/aromatic N) is 1. The van der Waals surface area contributed by atoms with Gasteiger partial charge in [0.05, 0.1) is 0 Å². The van der Waals surface area contributed by atoms with E-state index in [0.29, 0.717) is 17.5 Å². The number of aromatic nitrogens is 1. The molecule has 0 aliphatic heterocycles. The number of hydrogen-bond donors (Lipinski definition) is 0. The fourth-order valence-electron chi connectivity index (χ4n) is 2.67. The summed E-state index contributed by atoms with van der Waals surface area (Å²) in [5.41, 5.74) is 3.00. The summed E-state index contributed by atoms with van der Waals surface area (Å²) >= 11 is 0. The molecular weight excluding hydrogens is 238 g/mol. The van der Waals surface area contributed by atoms with Gasteiger partial charge in [-0.2, -0.15) is 0 Å². The maximum absolute atomic E-state index is 12.4. The highest BCUT2D eigenvalue weighted by Crippen LogP contribution is 2.23. The van der Waals surface area contributed by atoms with Gasteiger partial charge in [0.25, 0.3) is 5.56 Å². The molecule has 0 amide bonds. The molecule has 3 rings (SSSR count). The summed E-state index contributed by atoms with van der Waals surface area (Å²) in [5.74, 6) is 0.147. The third-order valence-electron chi connectivity index (χ3n) is 3.61. The average molecular weight is 253 g/mol. The second-order valence-corrected chi connectivity index (χ2v) is 4.94. The summed E-state index contributed by atoms with van der Waals surface area (Å²) in [5, 5.41) is 0. The third-order valence-corrected chi connectivity index (χ3v) is 3.61. The Morgan fingerprint density at radius 1 is 1.05 bits per heavy atom. The maximum Gasteiger partial charge on any atom is 0.258 e. The van der Waals surface area contributed by atoms with Gasteiger partial charge in [0.2, 0.25) is 0 Å². The highest BCUT2D eigenvalue weighted by atomic mass is 16.1. The van der Waals surface area contributed by atoms with Crippen LogP contribution >= 0.6 is 0 Å². The second-order valence-electron chi connectivity index (χ2n) is 4.94. The topological polar surface area (TPSA) is 39.1 Å². The minimum Gasteiger partial charge on any atom is -0.294 e. The predicted octanol–water partition coefficient (Wildman–Crippen LogP) is 2.66. The van der Waals surface area contributed by atoms with E-state index >= 15 is 0 Å². The number of carbonyl (C=O) groups excluding carboxylic acids is 1. The van der Waals surface area contributed by atoms with Crippen molar-refractivity contribution in [3.05, 3.63) is 63.6 Å². The van der Waals surface area contributed by atoms with Crippen LogP contribution in [-0.4, -0.2) is 10.4 Å². The number of para-hydroxylation sites is 1. The molecule has 0 N–H and O–H groups in total. The first-order chi connectivity index (χ1) is 9.18. The minimum atomic E-state index is -0.0281. The molecule has 0 bridgehead atoms. The molecule has 1 heterocycles. The van der Waals surface area contributed by atoms with Gasteiger partial charge in [-0.3, -0.25) is 14.2 Å². The van der Waals surface area contributed by atoms with Crippen LogP contribution in [0.1, 0.15) is 34.5 Å². The van der Waals surface area contributed by atoms with Crippen molar-refractivity contribution in [3.63, 3.8) is 0 Å². The Balaban J connectivity index is 2.35. The molecule has 0 saturated heterocycles. The maximum atomic E-state index is 12.4. The van der Waals surface area contributed by atoms with E-state index in [4.69, 9.17) is 0 Å². The fourth-order valence-corrected chi connectivity index (χ4v) is 2.67. The number of benzene rings is 1. The zero-order valence-electron chi connectivity index (χ0n) is 10.8. The summed E-state index contributed by atoms with van der Waals surface area (Å²) < 4.78 is 1.70. The van der Waals surface area contributed by atoms with Gasteiger partial charge < -0.3 is 0 Å². The van der Waals surface area contributed by atoms with Gasteiger partial charge in [-0.1, -0.05) is 18.2 Å². The van der Waals surface area contributed by atoms with Crippen molar-refractivity contribution in [2.75, 3.05) is 0 Å². The Labute approximate surface area is 111 Å². The van der Waals surface area contributed by atoms with Gasteiger partial charge in [-0.25, -0.2) is 0 Å². The molecule has 0 saturated carbocycles. The normalized spacial score (nSPS) is 14.3. The molecule has 1 aromatic heterocycles. The Kier molecular flexibility index (Phi) is 2.82. The highest BCUT2D eigenvalue weighted by Gasteiger charge is 2.22. The van der Waals surface area contributed by atoms with Gasteiger partial charge in [-0.05, 0) is 38.0 Å². The molecule has 96 valence electrons. The van der Waals surface area contributed by atoms with Crippen LogP contribution in [0.4, 0.5) is 0 Å². The largest absolute Gasteiger partial charge is 0.294 e. The van der Waals surface area contributed by atoms with Crippen LogP contribution in [0.25, 0.3) is 5.69 Å². The van der Waals surface area contributed by atoms with Crippen LogP contribution in [0, 0.1) is 6.92 Å². The summed E-state index contributed by atoms with van der Waals surface area (Å²) in [7, 11) is 0. The first kappa shape index (κ1) is 11.9. The van der Waals surface area contributed by atoms with Gasteiger partial charge >= 0.3 is 0 Å². The summed E-state index contributed by atoms with van der Waals surface area (Å²) in [4.78, 5) is 24.4. The molecule has 0 atom stereocenters. The van der Waals surface area contributed by atoms with Crippen molar-refractivity contribution in [2.24, 2.45) is 0 Å². The summed E-state index contributed by atoms with van der Waals surface area (Å²) in [6.07, 6.45) is 2.19. The van der Waals surface area contributed by atoms with Gasteiger partial charge in [-0.15, -0.1) is 0 Å². The van der Waals surface area contributed by atoms with Crippen molar-refractivity contribution < 1.29 is 4.79 Å². The van der Waals surface area contributed by atoms with Crippen molar-refractivity contribution in [1.82, 2.24) is 4.57 Å². The lowest BCUT2D eigenvalue weighted by Crippen LogP contribution is -2.28. The van der Waals surface area contributed by atoms with Crippen LogP contribution in [-0.2, 0) is 6.42 Å². The number of carbonyl (C=O) groups is 1. The van der Waals surface area contributed by atoms with Crippen molar-refractivity contribution in [2.45, 2.75) is 26.2 Å². The second kappa shape index (κ2) is 4.50. The van der Waals surface area contributed by atoms with E-state index in [1.165, 1.54) is 0 Å². The van der Waals surface area contributed by atoms with E-state index in [9.17, 15) is 9.59 Å². The first-order valence-corrected chi connectivity index (χ1v) is 6.52. The lowest BCUT2D eigenvalue weighted by Gasteiger charge is -2.21. The van der Waals surface area contributed by atoms with E-state index in [1.807, 2.05) is 30.3 Å². The van der Waals surface area contributed by atoms with Crippen molar-refractivity contribution in [3.8, 4) is 5.69 Å². The number of fused-ring (bicyclic) bond motifs is 1. The molecule has 3 heteroatoms. The number of hydrogen-bond acceptors (Lipinski definition) is 2. The molecule has 1 aliphatic rings. The summed E-state index contributed by atoms with van der Waals surface area (Å²) in [6, 6.07) is 11.3. The van der Waals surface area contributed by atoms with Gasteiger partial charge in [0.15, 0.2) is 5.78 Å². The Bertz CT molecular complexity index is 699. The van der Waals surface area contributed by atoms with E-state index in [2.05, 4.69) is 0 Å². The standard InChI is InChI=1S/C16H15NO2/c1-11-10-13-14(8-5-9-15(13)18)17(16(11)19)12-6-3-2-4-7-12/h2-4,6-7,10H,5,8-9H2,1H3.